The van der Waals surface area contributed by atoms with Crippen molar-refractivity contribution in [1.29, 1.82) is 0 Å². The quantitative estimate of drug-likeness (QED) is 0.747. The fraction of sp³-hybridized carbons (Fsp3) is 0.267. The molecule has 0 fully saturated rings. The van der Waals surface area contributed by atoms with Crippen molar-refractivity contribution in [3.63, 3.8) is 0 Å². The molecular weight excluding hydrogens is 212 g/mol. The Hall–Kier alpha value is -1.83. The molecule has 2 aromatic rings. The molecule has 0 saturated heterocycles. The average Bonchev–Trinajstić information content (AvgIpc) is 2.38. The van der Waals surface area contributed by atoms with Gasteiger partial charge in [0, 0.05) is 12.8 Å². The summed E-state index contributed by atoms with van der Waals surface area (Å²) < 4.78 is 5.26. The number of methoxy groups -OCH3 is 1. The molecule has 0 spiro atoms. The van der Waals surface area contributed by atoms with Crippen molar-refractivity contribution in [3.05, 3.63) is 41.5 Å². The lowest BCUT2D eigenvalue weighted by atomic mass is 9.87. The number of carbonyl (C=O) groups excluding carboxylic acids is 1. The van der Waals surface area contributed by atoms with Gasteiger partial charge in [0.15, 0.2) is 0 Å². The van der Waals surface area contributed by atoms with E-state index in [0.29, 0.717) is 18.6 Å². The van der Waals surface area contributed by atoms with Gasteiger partial charge in [-0.25, -0.2) is 0 Å². The smallest absolute Gasteiger partial charge is 0.137 e. The largest absolute Gasteiger partial charge is 0.497 e. The molecule has 0 radical (unpaired) electrons. The molecule has 0 aromatic heterocycles. The van der Waals surface area contributed by atoms with E-state index >= 15 is 0 Å². The summed E-state index contributed by atoms with van der Waals surface area (Å²) in [5.74, 6) is 1.19. The Morgan fingerprint density at radius 2 is 1.94 bits per heavy atom. The zero-order chi connectivity index (χ0) is 11.8. The Bertz CT molecular complexity index is 594. The highest BCUT2D eigenvalue weighted by Crippen LogP contribution is 2.30. The van der Waals surface area contributed by atoms with E-state index in [2.05, 4.69) is 12.1 Å². The van der Waals surface area contributed by atoms with Crippen molar-refractivity contribution in [1.82, 2.24) is 0 Å². The van der Waals surface area contributed by atoms with Gasteiger partial charge in [0.05, 0.1) is 7.11 Å². The molecule has 1 aliphatic carbocycles. The van der Waals surface area contributed by atoms with E-state index in [-0.39, 0.29) is 0 Å². The Balaban J connectivity index is 2.27. The molecule has 2 nitrogen and oxygen atoms in total. The average molecular weight is 226 g/mol. The second-order valence-corrected chi connectivity index (χ2v) is 4.51. The lowest BCUT2D eigenvalue weighted by Crippen LogP contribution is -2.13. The second-order valence-electron chi connectivity index (χ2n) is 4.51. The van der Waals surface area contributed by atoms with Crippen LogP contribution in [0.1, 0.15) is 17.5 Å². The molecule has 0 aliphatic heterocycles. The number of aryl methyl sites for hydroxylation is 1. The number of fused-ring (bicyclic) bond motifs is 3. The minimum Gasteiger partial charge on any atom is -0.497 e. The predicted molar refractivity (Wildman–Crippen MR) is 67.5 cm³/mol. The summed E-state index contributed by atoms with van der Waals surface area (Å²) in [6.07, 6.45) is 2.13. The maximum absolute atomic E-state index is 11.6. The van der Waals surface area contributed by atoms with Gasteiger partial charge in [-0.05, 0) is 40.5 Å². The third-order valence-electron chi connectivity index (χ3n) is 3.48. The van der Waals surface area contributed by atoms with Gasteiger partial charge in [-0.2, -0.15) is 0 Å². The fourth-order valence-corrected chi connectivity index (χ4v) is 2.54. The van der Waals surface area contributed by atoms with E-state index in [1.807, 2.05) is 18.2 Å². The summed E-state index contributed by atoms with van der Waals surface area (Å²) in [6, 6.07) is 10.3. The van der Waals surface area contributed by atoms with Gasteiger partial charge in [-0.1, -0.05) is 18.2 Å². The number of rotatable bonds is 1. The molecule has 1 aliphatic rings. The van der Waals surface area contributed by atoms with Crippen molar-refractivity contribution in [2.24, 2.45) is 0 Å². The molecule has 0 bridgehead atoms. The van der Waals surface area contributed by atoms with Crippen LogP contribution in [0.25, 0.3) is 10.8 Å². The Morgan fingerprint density at radius 1 is 1.12 bits per heavy atom. The molecule has 17 heavy (non-hydrogen) atoms. The third-order valence-corrected chi connectivity index (χ3v) is 3.48. The van der Waals surface area contributed by atoms with Crippen LogP contribution < -0.4 is 4.74 Å². The van der Waals surface area contributed by atoms with Gasteiger partial charge in [0.1, 0.15) is 11.5 Å². The second kappa shape index (κ2) is 3.88. The maximum atomic E-state index is 11.6. The number of Topliss-reactive ketones (excluding diaryl/α,β-unsaturated/α-hetero) is 1. The maximum Gasteiger partial charge on any atom is 0.137 e. The SMILES string of the molecule is COc1ccc2ccc3c(c2c1)CC(=O)CC3. The molecule has 0 unspecified atom stereocenters. The molecule has 2 aromatic carbocycles. The zero-order valence-electron chi connectivity index (χ0n) is 9.82. The first-order valence-corrected chi connectivity index (χ1v) is 5.88. The normalized spacial score (nSPS) is 14.8. The first-order chi connectivity index (χ1) is 8.28. The summed E-state index contributed by atoms with van der Waals surface area (Å²) in [4.78, 5) is 11.6. The van der Waals surface area contributed by atoms with Crippen molar-refractivity contribution in [2.45, 2.75) is 19.3 Å². The van der Waals surface area contributed by atoms with Crippen LogP contribution in [-0.4, -0.2) is 12.9 Å². The molecule has 0 saturated carbocycles. The summed E-state index contributed by atoms with van der Waals surface area (Å²) in [7, 11) is 1.67. The van der Waals surface area contributed by atoms with E-state index < -0.39 is 0 Å². The highest BCUT2D eigenvalue weighted by molar-refractivity contribution is 5.94. The highest BCUT2D eigenvalue weighted by atomic mass is 16.5. The minimum absolute atomic E-state index is 0.341. The third kappa shape index (κ3) is 1.70. The van der Waals surface area contributed by atoms with E-state index in [1.54, 1.807) is 7.11 Å². The van der Waals surface area contributed by atoms with E-state index in [4.69, 9.17) is 4.74 Å². The lowest BCUT2D eigenvalue weighted by Gasteiger charge is -2.17. The summed E-state index contributed by atoms with van der Waals surface area (Å²) in [6.45, 7) is 0. The molecule has 0 heterocycles. The lowest BCUT2D eigenvalue weighted by molar-refractivity contribution is -0.118. The van der Waals surface area contributed by atoms with E-state index in [1.165, 1.54) is 16.5 Å². The Morgan fingerprint density at radius 3 is 2.76 bits per heavy atom. The van der Waals surface area contributed by atoms with Gasteiger partial charge in [-0.3, -0.25) is 4.79 Å². The number of hydrogen-bond donors (Lipinski definition) is 0. The monoisotopic (exact) mass is 226 g/mol. The molecular formula is C15H14O2. The number of ketones is 1. The molecule has 3 rings (SSSR count). The Kier molecular flexibility index (Phi) is 2.36. The number of carbonyl (C=O) groups is 1. The van der Waals surface area contributed by atoms with Crippen molar-refractivity contribution >= 4 is 16.6 Å². The van der Waals surface area contributed by atoms with E-state index in [0.717, 1.165) is 17.6 Å². The molecule has 86 valence electrons. The standard InChI is InChI=1S/C15H14O2/c1-17-13-7-5-11-3-2-10-4-6-12(16)8-14(10)15(11)9-13/h2-3,5,7,9H,4,6,8H2,1H3. The van der Waals surface area contributed by atoms with Crippen LogP contribution in [0.4, 0.5) is 0 Å². The minimum atomic E-state index is 0.341. The van der Waals surface area contributed by atoms with Crippen molar-refractivity contribution < 1.29 is 9.53 Å². The fourth-order valence-electron chi connectivity index (χ4n) is 2.54. The van der Waals surface area contributed by atoms with Crippen LogP contribution in [0.15, 0.2) is 30.3 Å². The topological polar surface area (TPSA) is 26.3 Å². The summed E-state index contributed by atoms with van der Waals surface area (Å²) in [5, 5.41) is 2.34. The van der Waals surface area contributed by atoms with Crippen LogP contribution in [0, 0.1) is 0 Å². The van der Waals surface area contributed by atoms with Gasteiger partial charge in [-0.15, -0.1) is 0 Å². The molecule has 2 heteroatoms. The van der Waals surface area contributed by atoms with Gasteiger partial charge in [0.2, 0.25) is 0 Å². The van der Waals surface area contributed by atoms with Crippen LogP contribution in [0.3, 0.4) is 0 Å². The highest BCUT2D eigenvalue weighted by Gasteiger charge is 2.17. The van der Waals surface area contributed by atoms with Gasteiger partial charge in [0.25, 0.3) is 0 Å². The number of hydrogen-bond acceptors (Lipinski definition) is 2. The first-order valence-electron chi connectivity index (χ1n) is 5.88. The molecule has 0 amide bonds. The van der Waals surface area contributed by atoms with Crippen LogP contribution in [-0.2, 0) is 17.6 Å². The van der Waals surface area contributed by atoms with Crippen molar-refractivity contribution in [3.8, 4) is 5.75 Å². The van der Waals surface area contributed by atoms with Gasteiger partial charge < -0.3 is 4.74 Å². The zero-order valence-corrected chi connectivity index (χ0v) is 9.82. The van der Waals surface area contributed by atoms with Gasteiger partial charge >= 0.3 is 0 Å². The van der Waals surface area contributed by atoms with Crippen LogP contribution in [0.5, 0.6) is 5.75 Å². The predicted octanol–water partition coefficient (Wildman–Crippen LogP) is 2.91. The number of benzene rings is 2. The Labute approximate surface area is 100 Å². The first kappa shape index (κ1) is 10.3. The van der Waals surface area contributed by atoms with Crippen LogP contribution in [0.2, 0.25) is 0 Å². The molecule has 0 N–H and O–H groups in total. The van der Waals surface area contributed by atoms with Crippen molar-refractivity contribution in [2.75, 3.05) is 7.11 Å². The summed E-state index contributed by atoms with van der Waals surface area (Å²) >= 11 is 0. The number of ether oxygens (including phenoxy) is 1. The molecule has 0 atom stereocenters. The summed E-state index contributed by atoms with van der Waals surface area (Å²) in [5.41, 5.74) is 2.50. The van der Waals surface area contributed by atoms with Crippen LogP contribution >= 0.6 is 0 Å². The van der Waals surface area contributed by atoms with E-state index in [9.17, 15) is 4.79 Å².